The molecule has 2 N–H and O–H groups in total. The third kappa shape index (κ3) is 11.8. The van der Waals surface area contributed by atoms with Gasteiger partial charge in [-0.05, 0) is 26.7 Å². The molecule has 0 saturated heterocycles. The van der Waals surface area contributed by atoms with Crippen LogP contribution in [0, 0.1) is 0 Å². The zero-order chi connectivity index (χ0) is 20.0. The van der Waals surface area contributed by atoms with E-state index in [-0.39, 0.29) is 19.6 Å². The normalized spacial score (nSPS) is 13.5. The van der Waals surface area contributed by atoms with Crippen molar-refractivity contribution in [3.05, 3.63) is 25.3 Å². The summed E-state index contributed by atoms with van der Waals surface area (Å²) in [5.74, 6) is -3.62. The van der Waals surface area contributed by atoms with E-state index in [1.54, 1.807) is 6.92 Å². The van der Waals surface area contributed by atoms with Crippen molar-refractivity contribution in [2.75, 3.05) is 19.8 Å². The van der Waals surface area contributed by atoms with Crippen molar-refractivity contribution in [2.24, 2.45) is 0 Å². The molecular weight excluding hydrogens is 344 g/mol. The highest BCUT2D eigenvalue weighted by molar-refractivity contribution is 5.83. The second-order valence-corrected chi connectivity index (χ2v) is 5.83. The van der Waals surface area contributed by atoms with Gasteiger partial charge in [0.2, 0.25) is 0 Å². The van der Waals surface area contributed by atoms with Crippen LogP contribution >= 0.6 is 0 Å². The van der Waals surface area contributed by atoms with Gasteiger partial charge in [0.15, 0.2) is 0 Å². The molecule has 0 aliphatic rings. The van der Waals surface area contributed by atoms with Crippen molar-refractivity contribution in [3.63, 3.8) is 0 Å². The van der Waals surface area contributed by atoms with E-state index in [1.807, 2.05) is 0 Å². The summed E-state index contributed by atoms with van der Waals surface area (Å²) in [4.78, 5) is 23.3. The number of ether oxygens (including phenoxy) is 4. The highest BCUT2D eigenvalue weighted by Gasteiger charge is 2.39. The molecule has 0 aromatic rings. The Hall–Kier alpha value is -1.74. The summed E-state index contributed by atoms with van der Waals surface area (Å²) in [7, 11) is 0. The van der Waals surface area contributed by atoms with Crippen LogP contribution in [0.25, 0.3) is 0 Å². The van der Waals surface area contributed by atoms with Gasteiger partial charge >= 0.3 is 17.9 Å². The van der Waals surface area contributed by atoms with Crippen molar-refractivity contribution >= 4 is 11.9 Å². The quantitative estimate of drug-likeness (QED) is 0.192. The largest absolute Gasteiger partial charge is 0.395 e. The van der Waals surface area contributed by atoms with Crippen LogP contribution in [0.2, 0.25) is 0 Å². The maximum Gasteiger partial charge on any atom is 0.376 e. The fourth-order valence-electron chi connectivity index (χ4n) is 1.87. The Morgan fingerprint density at radius 2 is 1.50 bits per heavy atom. The van der Waals surface area contributed by atoms with Crippen LogP contribution in [-0.4, -0.2) is 60.2 Å². The third-order valence-electron chi connectivity index (χ3n) is 3.02. The molecule has 0 radical (unpaired) electrons. The summed E-state index contributed by atoms with van der Waals surface area (Å²) in [5.41, 5.74) is 0. The molecule has 0 rings (SSSR count). The fourth-order valence-corrected chi connectivity index (χ4v) is 1.87. The molecule has 2 atom stereocenters. The highest BCUT2D eigenvalue weighted by Crippen LogP contribution is 2.25. The van der Waals surface area contributed by atoms with Gasteiger partial charge < -0.3 is 29.2 Å². The zero-order valence-electron chi connectivity index (χ0n) is 15.5. The lowest BCUT2D eigenvalue weighted by Gasteiger charge is -2.31. The molecule has 0 saturated carbocycles. The van der Waals surface area contributed by atoms with Gasteiger partial charge in [-0.15, -0.1) is 0 Å². The van der Waals surface area contributed by atoms with Crippen LogP contribution in [0.1, 0.15) is 39.5 Å². The van der Waals surface area contributed by atoms with Gasteiger partial charge in [0.1, 0.15) is 0 Å². The SMILES string of the molecule is C=CC(=O)OC(CCCCCOCC(C)O)(OCC(C)O)OC(=O)C=C. The van der Waals surface area contributed by atoms with Gasteiger partial charge in [0.25, 0.3) is 0 Å². The lowest BCUT2D eigenvalue weighted by molar-refractivity contribution is -0.349. The topological polar surface area (TPSA) is 112 Å². The minimum Gasteiger partial charge on any atom is -0.395 e. The predicted octanol–water partition coefficient (Wildman–Crippen LogP) is 1.45. The van der Waals surface area contributed by atoms with E-state index in [0.717, 1.165) is 12.2 Å². The smallest absolute Gasteiger partial charge is 0.376 e. The monoisotopic (exact) mass is 374 g/mol. The molecule has 0 aromatic carbocycles. The van der Waals surface area contributed by atoms with Crippen LogP contribution in [0.3, 0.4) is 0 Å². The number of carbonyl (C=O) groups excluding carboxylic acids is 2. The molecule has 0 heterocycles. The average Bonchev–Trinajstić information content (AvgIpc) is 2.58. The lowest BCUT2D eigenvalue weighted by atomic mass is 10.1. The van der Waals surface area contributed by atoms with E-state index in [1.165, 1.54) is 6.92 Å². The molecule has 0 aliphatic heterocycles. The van der Waals surface area contributed by atoms with E-state index < -0.39 is 30.1 Å². The van der Waals surface area contributed by atoms with Crippen LogP contribution in [0.4, 0.5) is 0 Å². The van der Waals surface area contributed by atoms with Gasteiger partial charge in [-0.25, -0.2) is 9.59 Å². The van der Waals surface area contributed by atoms with Crippen molar-refractivity contribution in [1.29, 1.82) is 0 Å². The lowest BCUT2D eigenvalue weighted by Crippen LogP contribution is -2.43. The maximum atomic E-state index is 11.6. The maximum absolute atomic E-state index is 11.6. The van der Waals surface area contributed by atoms with Crippen LogP contribution in [-0.2, 0) is 28.5 Å². The second-order valence-electron chi connectivity index (χ2n) is 5.83. The minimum atomic E-state index is -1.96. The summed E-state index contributed by atoms with van der Waals surface area (Å²) < 4.78 is 20.9. The Balaban J connectivity index is 4.78. The molecule has 8 nitrogen and oxygen atoms in total. The first-order chi connectivity index (χ1) is 12.2. The van der Waals surface area contributed by atoms with E-state index >= 15 is 0 Å². The third-order valence-corrected chi connectivity index (χ3v) is 3.02. The average molecular weight is 374 g/mol. The summed E-state index contributed by atoms with van der Waals surface area (Å²) in [6, 6.07) is 0. The molecule has 150 valence electrons. The number of carbonyl (C=O) groups is 2. The minimum absolute atomic E-state index is 0.0648. The number of aliphatic hydroxyl groups excluding tert-OH is 2. The van der Waals surface area contributed by atoms with Crippen molar-refractivity contribution < 1.29 is 38.7 Å². The molecular formula is C18H30O8. The van der Waals surface area contributed by atoms with Gasteiger partial charge in [-0.3, -0.25) is 0 Å². The summed E-state index contributed by atoms with van der Waals surface area (Å²) >= 11 is 0. The standard InChI is InChI=1S/C18H30O8/c1-5-16(21)25-18(24-13-15(4)20,26-17(22)6-2)10-8-7-9-11-23-12-14(3)19/h5-6,14-15,19-20H,1-2,7-13H2,3-4H3. The van der Waals surface area contributed by atoms with E-state index in [2.05, 4.69) is 13.2 Å². The van der Waals surface area contributed by atoms with Gasteiger partial charge in [-0.1, -0.05) is 19.6 Å². The Labute approximate surface area is 154 Å². The molecule has 0 aromatic heterocycles. The summed E-state index contributed by atoms with van der Waals surface area (Å²) in [6.07, 6.45) is 2.41. The molecule has 0 bridgehead atoms. The summed E-state index contributed by atoms with van der Waals surface area (Å²) in [6.45, 7) is 10.2. The number of esters is 2. The second kappa shape index (κ2) is 13.5. The molecule has 26 heavy (non-hydrogen) atoms. The van der Waals surface area contributed by atoms with Crippen LogP contribution < -0.4 is 0 Å². The highest BCUT2D eigenvalue weighted by atomic mass is 16.9. The fraction of sp³-hybridized carbons (Fsp3) is 0.667. The van der Waals surface area contributed by atoms with Crippen molar-refractivity contribution in [3.8, 4) is 0 Å². The van der Waals surface area contributed by atoms with Crippen molar-refractivity contribution in [2.45, 2.75) is 57.7 Å². The Morgan fingerprint density at radius 1 is 0.962 bits per heavy atom. The number of aliphatic hydroxyl groups is 2. The van der Waals surface area contributed by atoms with Crippen LogP contribution in [0.15, 0.2) is 25.3 Å². The summed E-state index contributed by atoms with van der Waals surface area (Å²) in [5, 5.41) is 18.5. The molecule has 0 fully saturated rings. The van der Waals surface area contributed by atoms with E-state index in [9.17, 15) is 14.7 Å². The van der Waals surface area contributed by atoms with Crippen LogP contribution in [0.5, 0.6) is 0 Å². The Kier molecular flexibility index (Phi) is 12.6. The molecule has 0 amide bonds. The van der Waals surface area contributed by atoms with Crippen molar-refractivity contribution in [1.82, 2.24) is 0 Å². The van der Waals surface area contributed by atoms with Gasteiger partial charge in [0, 0.05) is 18.8 Å². The number of rotatable bonds is 15. The van der Waals surface area contributed by atoms with E-state index in [4.69, 9.17) is 24.1 Å². The number of hydrogen-bond acceptors (Lipinski definition) is 8. The van der Waals surface area contributed by atoms with Gasteiger partial charge in [0.05, 0.1) is 31.8 Å². The van der Waals surface area contributed by atoms with Gasteiger partial charge in [-0.2, -0.15) is 0 Å². The predicted molar refractivity (Wildman–Crippen MR) is 93.9 cm³/mol. The molecule has 0 spiro atoms. The first-order valence-electron chi connectivity index (χ1n) is 8.53. The van der Waals surface area contributed by atoms with E-state index in [0.29, 0.717) is 25.9 Å². The first kappa shape index (κ1) is 24.3. The molecule has 2 unspecified atom stereocenters. The number of hydrogen-bond donors (Lipinski definition) is 2. The first-order valence-corrected chi connectivity index (χ1v) is 8.53. The zero-order valence-corrected chi connectivity index (χ0v) is 15.5. The Bertz CT molecular complexity index is 422. The number of unbranched alkanes of at least 4 members (excludes halogenated alkanes) is 2. The molecule has 8 heteroatoms. The Morgan fingerprint density at radius 3 is 1.96 bits per heavy atom. The molecule has 0 aliphatic carbocycles.